The van der Waals surface area contributed by atoms with E-state index in [0.29, 0.717) is 87.8 Å². The molecule has 14 heteroatoms. The number of anilines is 1. The van der Waals surface area contributed by atoms with Crippen LogP contribution in [-0.2, 0) is 20.7 Å². The number of methoxy groups -OCH3 is 1. The van der Waals surface area contributed by atoms with Crippen molar-refractivity contribution in [3.63, 3.8) is 0 Å². The highest BCUT2D eigenvalue weighted by Gasteiger charge is 2.51. The molecule has 330 valence electrons. The number of halogens is 2. The lowest BCUT2D eigenvalue weighted by atomic mass is 9.95. The minimum Gasteiger partial charge on any atom is -0.468 e. The summed E-state index contributed by atoms with van der Waals surface area (Å²) in [6, 6.07) is 5.94. The lowest BCUT2D eigenvalue weighted by Gasteiger charge is -2.47. The quantitative estimate of drug-likeness (QED) is 0.0625. The van der Waals surface area contributed by atoms with E-state index < -0.39 is 30.7 Å². The van der Waals surface area contributed by atoms with Gasteiger partial charge in [-0.1, -0.05) is 53.5 Å². The molecule has 8 rings (SSSR count). The van der Waals surface area contributed by atoms with Gasteiger partial charge in [0.2, 0.25) is 0 Å². The van der Waals surface area contributed by atoms with Gasteiger partial charge in [-0.15, -0.1) is 5.54 Å². The molecular weight excluding hydrogens is 809 g/mol. The molecule has 62 heavy (non-hydrogen) atoms. The maximum Gasteiger partial charge on any atom is 0.410 e. The Morgan fingerprint density at radius 2 is 1.69 bits per heavy atom. The Hall–Kier alpha value is -4.87. The fourth-order valence-electron chi connectivity index (χ4n) is 10.6. The van der Waals surface area contributed by atoms with E-state index in [4.69, 9.17) is 33.9 Å². The number of nitrogens with zero attached hydrogens (tertiary/aromatic N) is 5. The van der Waals surface area contributed by atoms with Crippen LogP contribution in [0.1, 0.15) is 106 Å². The molecule has 5 heterocycles. The predicted molar refractivity (Wildman–Crippen MR) is 238 cm³/mol. The van der Waals surface area contributed by atoms with E-state index in [1.54, 1.807) is 18.2 Å². The van der Waals surface area contributed by atoms with Crippen LogP contribution in [0.15, 0.2) is 24.3 Å². The number of carbonyl (C=O) groups excluding carboxylic acids is 2. The Kier molecular flexibility index (Phi) is 11.5. The number of pyridine rings is 1. The topological polar surface area (TPSA) is 116 Å². The van der Waals surface area contributed by atoms with Gasteiger partial charge in [0.05, 0.1) is 40.2 Å². The third-order valence-corrected chi connectivity index (χ3v) is 20.0. The van der Waals surface area contributed by atoms with E-state index in [2.05, 4.69) is 57.9 Å². The summed E-state index contributed by atoms with van der Waals surface area (Å²) in [5, 5.41) is 1.48. The summed E-state index contributed by atoms with van der Waals surface area (Å²) in [6.07, 6.45) is 4.51. The number of amides is 1. The van der Waals surface area contributed by atoms with Crippen LogP contribution in [-0.4, -0.2) is 91.1 Å². The molecule has 3 aliphatic heterocycles. The maximum absolute atomic E-state index is 18.0. The molecule has 3 atom stereocenters. The van der Waals surface area contributed by atoms with Crippen molar-refractivity contribution >= 4 is 47.9 Å². The summed E-state index contributed by atoms with van der Waals surface area (Å²) >= 11 is 0. The minimum atomic E-state index is -2.33. The third-order valence-electron chi connectivity index (χ3n) is 13.7. The van der Waals surface area contributed by atoms with Gasteiger partial charge in [0.15, 0.2) is 12.6 Å². The fourth-order valence-corrected chi connectivity index (χ4v) is 15.8. The van der Waals surface area contributed by atoms with Gasteiger partial charge in [-0.3, -0.25) is 4.90 Å². The van der Waals surface area contributed by atoms with E-state index in [1.807, 2.05) is 25.7 Å². The highest BCUT2D eigenvalue weighted by Crippen LogP contribution is 2.48. The summed E-state index contributed by atoms with van der Waals surface area (Å²) in [5.41, 5.74) is 4.33. The zero-order chi connectivity index (χ0) is 44.5. The van der Waals surface area contributed by atoms with Crippen LogP contribution < -0.4 is 14.4 Å². The summed E-state index contributed by atoms with van der Waals surface area (Å²) in [4.78, 5) is 44.6. The Bertz CT molecular complexity index is 2470. The molecule has 3 fully saturated rings. The van der Waals surface area contributed by atoms with E-state index in [0.717, 1.165) is 19.1 Å². The number of aryl methyl sites for hydroxylation is 1. The molecule has 2 aromatic carbocycles. The molecule has 0 N–H and O–H groups in total. The molecule has 4 aromatic rings. The first-order valence-electron chi connectivity index (χ1n) is 22.1. The number of benzene rings is 2. The molecule has 1 amide bonds. The minimum absolute atomic E-state index is 0.00904. The fraction of sp³-hybridized carbons (Fsp3) is 0.562. The standard InChI is InChI=1S/C48H59F2N5O6Si/c1-27(2)62(28(3)4,29(5)6)20-17-33-35(49)13-11-30-21-32(60-26-58-10)22-34(39(30)33)42-41(50)43-40-36(51-42)14-16-37-38-15-12-31(55(38)46(57)61-47(7,8)9)23-54(37)44(40)53-45(52-43)59-25-48(24-56)18-19-48/h11,13,21-22,24,27-29,31,37-38H,12,14-16,18-19,23,25-26H2,1-10H3/t31-,37-,38+/m1/s1. The monoisotopic (exact) mass is 867 g/mol. The largest absolute Gasteiger partial charge is 0.468 e. The van der Waals surface area contributed by atoms with E-state index >= 15 is 8.78 Å². The van der Waals surface area contributed by atoms with Gasteiger partial charge in [0.1, 0.15) is 55.2 Å². The molecule has 2 saturated heterocycles. The third kappa shape index (κ3) is 7.67. The van der Waals surface area contributed by atoms with Gasteiger partial charge in [-0.05, 0) is 99.5 Å². The zero-order valence-corrected chi connectivity index (χ0v) is 38.7. The van der Waals surface area contributed by atoms with Crippen LogP contribution in [0, 0.1) is 28.5 Å². The van der Waals surface area contributed by atoms with Gasteiger partial charge in [0.25, 0.3) is 0 Å². The molecule has 1 saturated carbocycles. The number of aromatic nitrogens is 3. The Labute approximate surface area is 364 Å². The van der Waals surface area contributed by atoms with Gasteiger partial charge >= 0.3 is 12.1 Å². The SMILES string of the molecule is COCOc1cc(-c2nc3c4c(nc(OCC5(C=O)CC5)nc4c2F)N2C[C@H]4CC[C@@H]([C@H]2CC3)N4C(=O)OC(C)(C)C)c2c(C#C[Si](C(C)C)(C(C)C)C(C)C)c(F)ccc2c1. The first kappa shape index (κ1) is 43.8. The number of fused-ring (bicyclic) bond motifs is 6. The summed E-state index contributed by atoms with van der Waals surface area (Å²) in [5.74, 6) is 2.98. The van der Waals surface area contributed by atoms with Crippen molar-refractivity contribution < 1.29 is 37.3 Å². The highest BCUT2D eigenvalue weighted by atomic mass is 28.3. The summed E-state index contributed by atoms with van der Waals surface area (Å²) in [6.45, 7) is 19.3. The van der Waals surface area contributed by atoms with Crippen molar-refractivity contribution in [3.8, 4) is 34.5 Å². The number of piperazine rings is 1. The predicted octanol–water partition coefficient (Wildman–Crippen LogP) is 9.94. The number of aldehydes is 1. The van der Waals surface area contributed by atoms with Crippen LogP contribution in [0.5, 0.6) is 11.8 Å². The maximum atomic E-state index is 18.0. The number of carbonyl (C=O) groups is 2. The van der Waals surface area contributed by atoms with Gasteiger partial charge in [-0.2, -0.15) is 9.97 Å². The van der Waals surface area contributed by atoms with Crippen LogP contribution in [0.4, 0.5) is 19.4 Å². The normalized spacial score (nSPS) is 20.3. The second kappa shape index (κ2) is 16.4. The molecule has 1 aliphatic carbocycles. The molecule has 4 aliphatic rings. The number of ether oxygens (including phenoxy) is 4. The van der Waals surface area contributed by atoms with Crippen molar-refractivity contribution in [2.75, 3.05) is 32.0 Å². The number of rotatable bonds is 11. The summed E-state index contributed by atoms with van der Waals surface area (Å²) < 4.78 is 57.7. The van der Waals surface area contributed by atoms with E-state index in [9.17, 15) is 9.59 Å². The first-order chi connectivity index (χ1) is 29.4. The Morgan fingerprint density at radius 3 is 2.34 bits per heavy atom. The van der Waals surface area contributed by atoms with Crippen LogP contribution in [0.3, 0.4) is 0 Å². The average molecular weight is 868 g/mol. The molecule has 2 aromatic heterocycles. The Balaban J connectivity index is 1.35. The molecule has 0 radical (unpaired) electrons. The van der Waals surface area contributed by atoms with Crippen molar-refractivity contribution in [1.82, 2.24) is 19.9 Å². The Morgan fingerprint density at radius 1 is 0.968 bits per heavy atom. The van der Waals surface area contributed by atoms with Gasteiger partial charge < -0.3 is 28.6 Å². The van der Waals surface area contributed by atoms with E-state index in [1.165, 1.54) is 13.2 Å². The van der Waals surface area contributed by atoms with Crippen molar-refractivity contribution in [1.29, 1.82) is 0 Å². The molecular formula is C48H59F2N5O6Si. The molecule has 2 bridgehead atoms. The lowest BCUT2D eigenvalue weighted by molar-refractivity contribution is -0.113. The van der Waals surface area contributed by atoms with E-state index in [-0.39, 0.29) is 60.4 Å². The lowest BCUT2D eigenvalue weighted by Crippen LogP contribution is -2.62. The second-order valence-electron chi connectivity index (χ2n) is 19.7. The van der Waals surface area contributed by atoms with Crippen molar-refractivity contribution in [2.45, 2.75) is 141 Å². The smallest absolute Gasteiger partial charge is 0.410 e. The van der Waals surface area contributed by atoms with Gasteiger partial charge in [-0.25, -0.2) is 18.6 Å². The van der Waals surface area contributed by atoms with Crippen LogP contribution in [0.25, 0.3) is 32.9 Å². The highest BCUT2D eigenvalue weighted by molar-refractivity contribution is 6.90. The second-order valence-corrected chi connectivity index (χ2v) is 25.3. The van der Waals surface area contributed by atoms with Crippen LogP contribution >= 0.6 is 0 Å². The molecule has 0 unspecified atom stereocenters. The number of hydrogen-bond donors (Lipinski definition) is 0. The summed E-state index contributed by atoms with van der Waals surface area (Å²) in [7, 11) is -0.817. The van der Waals surface area contributed by atoms with Crippen molar-refractivity contribution in [2.24, 2.45) is 5.41 Å². The van der Waals surface area contributed by atoms with Crippen LogP contribution in [0.2, 0.25) is 16.6 Å². The average Bonchev–Trinajstić information content (AvgIpc) is 3.95. The number of hydrogen-bond acceptors (Lipinski definition) is 10. The van der Waals surface area contributed by atoms with Crippen molar-refractivity contribution in [3.05, 3.63) is 47.2 Å². The molecule has 11 nitrogen and oxygen atoms in total. The van der Waals surface area contributed by atoms with Gasteiger partial charge in [0, 0.05) is 24.6 Å². The molecule has 0 spiro atoms. The zero-order valence-electron chi connectivity index (χ0n) is 37.7. The first-order valence-corrected chi connectivity index (χ1v) is 24.3.